The molecule has 68 valence electrons. The summed E-state index contributed by atoms with van der Waals surface area (Å²) in [5.74, 6) is 0. The zero-order valence-electron chi connectivity index (χ0n) is 6.76. The van der Waals surface area contributed by atoms with Crippen LogP contribution in [0.2, 0.25) is 0 Å². The van der Waals surface area contributed by atoms with Crippen LogP contribution >= 0.6 is 0 Å². The summed E-state index contributed by atoms with van der Waals surface area (Å²) < 4.78 is 26.7. The molecule has 0 bridgehead atoms. The lowest BCUT2D eigenvalue weighted by Gasteiger charge is -1.96. The van der Waals surface area contributed by atoms with E-state index in [1.165, 1.54) is 7.05 Å². The van der Waals surface area contributed by atoms with Crippen LogP contribution in [0.3, 0.4) is 0 Å². The van der Waals surface area contributed by atoms with Crippen molar-refractivity contribution in [3.05, 3.63) is 6.20 Å². The number of rotatable bonds is 3. The van der Waals surface area contributed by atoms with E-state index in [1.54, 1.807) is 6.92 Å². The lowest BCUT2D eigenvalue weighted by Crippen LogP contribution is -2.07. The Morgan fingerprint density at radius 2 is 2.33 bits per heavy atom. The van der Waals surface area contributed by atoms with Crippen molar-refractivity contribution in [1.82, 2.24) is 15.0 Å². The highest BCUT2D eigenvalue weighted by atomic mass is 32.2. The number of hydrogen-bond donors (Lipinski definition) is 0. The Morgan fingerprint density at radius 3 is 2.75 bits per heavy atom. The van der Waals surface area contributed by atoms with Crippen LogP contribution in [0.5, 0.6) is 0 Å². The summed E-state index contributed by atoms with van der Waals surface area (Å²) in [5.41, 5.74) is 0. The Hall–Kier alpha value is -0.950. The van der Waals surface area contributed by atoms with Gasteiger partial charge in [-0.15, -0.1) is 5.10 Å². The molecular weight excluding hydrogens is 182 g/mol. The fourth-order valence-corrected chi connectivity index (χ4v) is 1.48. The van der Waals surface area contributed by atoms with Crippen LogP contribution in [0.4, 0.5) is 0 Å². The third kappa shape index (κ3) is 1.80. The molecule has 1 heterocycles. The first-order chi connectivity index (χ1) is 5.56. The highest BCUT2D eigenvalue weighted by molar-refractivity contribution is 7.86. The van der Waals surface area contributed by atoms with E-state index in [0.717, 1.165) is 11.0 Å². The molecule has 0 saturated heterocycles. The van der Waals surface area contributed by atoms with Gasteiger partial charge in [-0.3, -0.25) is 4.18 Å². The Balaban J connectivity index is 2.98. The van der Waals surface area contributed by atoms with Crippen molar-refractivity contribution in [1.29, 1.82) is 0 Å². The number of hydrogen-bond acceptors (Lipinski definition) is 5. The minimum atomic E-state index is -3.68. The number of aromatic nitrogens is 3. The summed E-state index contributed by atoms with van der Waals surface area (Å²) in [6, 6.07) is 0. The highest BCUT2D eigenvalue weighted by Gasteiger charge is 2.17. The molecule has 12 heavy (non-hydrogen) atoms. The van der Waals surface area contributed by atoms with Crippen molar-refractivity contribution in [2.75, 3.05) is 6.61 Å². The van der Waals surface area contributed by atoms with Gasteiger partial charge < -0.3 is 0 Å². The molecule has 0 N–H and O–H groups in total. The molecule has 0 saturated carbocycles. The second-order valence-corrected chi connectivity index (χ2v) is 3.60. The van der Waals surface area contributed by atoms with E-state index in [1.807, 2.05) is 0 Å². The molecule has 0 atom stereocenters. The monoisotopic (exact) mass is 191 g/mol. The molecule has 0 radical (unpaired) electrons. The van der Waals surface area contributed by atoms with Gasteiger partial charge >= 0.3 is 10.1 Å². The Bertz CT molecular complexity index is 356. The summed E-state index contributed by atoms with van der Waals surface area (Å²) in [7, 11) is -2.15. The largest absolute Gasteiger partial charge is 0.318 e. The van der Waals surface area contributed by atoms with E-state index in [-0.39, 0.29) is 11.6 Å². The predicted octanol–water partition coefficient (Wildman–Crippen LogP) is -0.460. The molecule has 1 aromatic heterocycles. The predicted molar refractivity (Wildman–Crippen MR) is 39.8 cm³/mol. The standard InChI is InChI=1S/C5H9N3O3S/c1-3-11-12(9,10)5-4-6-8(2)7-5/h4H,3H2,1-2H3. The van der Waals surface area contributed by atoms with Crippen molar-refractivity contribution in [3.8, 4) is 0 Å². The van der Waals surface area contributed by atoms with Crippen molar-refractivity contribution in [2.45, 2.75) is 11.9 Å². The zero-order chi connectivity index (χ0) is 9.19. The van der Waals surface area contributed by atoms with Gasteiger partial charge in [0.1, 0.15) is 0 Å². The molecule has 0 unspecified atom stereocenters. The Morgan fingerprint density at radius 1 is 1.67 bits per heavy atom. The molecule has 0 aliphatic rings. The fourth-order valence-electron chi connectivity index (χ4n) is 0.657. The average molecular weight is 191 g/mol. The third-order valence-electron chi connectivity index (χ3n) is 1.11. The first-order valence-corrected chi connectivity index (χ1v) is 4.73. The van der Waals surface area contributed by atoms with Gasteiger partial charge in [0.15, 0.2) is 0 Å². The van der Waals surface area contributed by atoms with Crippen LogP contribution < -0.4 is 0 Å². The van der Waals surface area contributed by atoms with Gasteiger partial charge in [0.25, 0.3) is 0 Å². The first kappa shape index (κ1) is 9.14. The maximum Gasteiger partial charge on any atom is 0.318 e. The summed E-state index contributed by atoms with van der Waals surface area (Å²) in [4.78, 5) is 1.16. The quantitative estimate of drug-likeness (QED) is 0.604. The fraction of sp³-hybridized carbons (Fsp3) is 0.600. The molecule has 0 fully saturated rings. The van der Waals surface area contributed by atoms with Gasteiger partial charge in [0.05, 0.1) is 12.8 Å². The van der Waals surface area contributed by atoms with Crippen LogP contribution in [0.15, 0.2) is 11.2 Å². The lowest BCUT2D eigenvalue weighted by molar-refractivity contribution is 0.335. The SMILES string of the molecule is CCOS(=O)(=O)c1cnn(C)n1. The van der Waals surface area contributed by atoms with E-state index in [4.69, 9.17) is 0 Å². The third-order valence-corrected chi connectivity index (χ3v) is 2.35. The van der Waals surface area contributed by atoms with E-state index in [0.29, 0.717) is 0 Å². The molecule has 0 aromatic carbocycles. The van der Waals surface area contributed by atoms with Crippen molar-refractivity contribution in [2.24, 2.45) is 7.05 Å². The van der Waals surface area contributed by atoms with Gasteiger partial charge in [-0.1, -0.05) is 0 Å². The molecule has 0 aliphatic carbocycles. The van der Waals surface area contributed by atoms with Gasteiger partial charge in [-0.05, 0) is 6.92 Å². The van der Waals surface area contributed by atoms with Crippen molar-refractivity contribution < 1.29 is 12.6 Å². The summed E-state index contributed by atoms with van der Waals surface area (Å²) in [6.45, 7) is 1.69. The maximum atomic E-state index is 11.1. The van der Waals surface area contributed by atoms with Crippen LogP contribution in [-0.4, -0.2) is 30.0 Å². The number of aryl methyl sites for hydroxylation is 1. The molecule has 1 aromatic rings. The minimum absolute atomic E-state index is 0.0961. The highest BCUT2D eigenvalue weighted by Crippen LogP contribution is 2.05. The van der Waals surface area contributed by atoms with Crippen LogP contribution in [-0.2, 0) is 21.3 Å². The van der Waals surface area contributed by atoms with Gasteiger partial charge in [0.2, 0.25) is 5.03 Å². The average Bonchev–Trinajstić information content (AvgIpc) is 2.36. The first-order valence-electron chi connectivity index (χ1n) is 3.32. The lowest BCUT2D eigenvalue weighted by atomic mass is 10.9. The summed E-state index contributed by atoms with van der Waals surface area (Å²) in [5, 5.41) is 7.04. The molecule has 7 heteroatoms. The summed E-state index contributed by atoms with van der Waals surface area (Å²) in [6.07, 6.45) is 1.14. The van der Waals surface area contributed by atoms with E-state index < -0.39 is 10.1 Å². The van der Waals surface area contributed by atoms with Crippen molar-refractivity contribution in [3.63, 3.8) is 0 Å². The Kier molecular flexibility index (Phi) is 2.43. The van der Waals surface area contributed by atoms with Gasteiger partial charge in [-0.25, -0.2) is 0 Å². The molecular formula is C5H9N3O3S. The maximum absolute atomic E-state index is 11.1. The molecule has 6 nitrogen and oxygen atoms in total. The van der Waals surface area contributed by atoms with Crippen LogP contribution in [0.1, 0.15) is 6.92 Å². The van der Waals surface area contributed by atoms with Crippen molar-refractivity contribution >= 4 is 10.1 Å². The Labute approximate surface area is 70.3 Å². The van der Waals surface area contributed by atoms with E-state index in [2.05, 4.69) is 14.4 Å². The molecule has 0 aliphatic heterocycles. The summed E-state index contributed by atoms with van der Waals surface area (Å²) >= 11 is 0. The van der Waals surface area contributed by atoms with Crippen LogP contribution in [0, 0.1) is 0 Å². The molecule has 0 amide bonds. The molecule has 0 spiro atoms. The molecule has 1 rings (SSSR count). The topological polar surface area (TPSA) is 74.1 Å². The second kappa shape index (κ2) is 3.20. The second-order valence-electron chi connectivity index (χ2n) is 2.03. The van der Waals surface area contributed by atoms with E-state index >= 15 is 0 Å². The van der Waals surface area contributed by atoms with Gasteiger partial charge in [0, 0.05) is 7.05 Å². The van der Waals surface area contributed by atoms with E-state index in [9.17, 15) is 8.42 Å². The number of nitrogens with zero attached hydrogens (tertiary/aromatic N) is 3. The smallest absolute Gasteiger partial charge is 0.265 e. The normalized spacial score (nSPS) is 11.8. The van der Waals surface area contributed by atoms with Crippen LogP contribution in [0.25, 0.3) is 0 Å². The zero-order valence-corrected chi connectivity index (χ0v) is 7.58. The minimum Gasteiger partial charge on any atom is -0.265 e. The van der Waals surface area contributed by atoms with Gasteiger partial charge in [-0.2, -0.15) is 18.3 Å².